The lowest BCUT2D eigenvalue weighted by Crippen LogP contribution is -2.59. The van der Waals surface area contributed by atoms with Crippen LogP contribution in [0.1, 0.15) is 28.4 Å². The third-order valence-corrected chi connectivity index (χ3v) is 4.95. The highest BCUT2D eigenvalue weighted by Crippen LogP contribution is 2.38. The number of phenols is 1. The van der Waals surface area contributed by atoms with Crippen LogP contribution in [0.5, 0.6) is 17.2 Å². The maximum Gasteiger partial charge on any atom is 0.231 e. The van der Waals surface area contributed by atoms with Gasteiger partial charge < -0.3 is 39.7 Å². The molecule has 1 fully saturated rings. The van der Waals surface area contributed by atoms with Gasteiger partial charge in [-0.25, -0.2) is 0 Å². The lowest BCUT2D eigenvalue weighted by atomic mass is 9.96. The fourth-order valence-corrected chi connectivity index (χ4v) is 3.31. The molecule has 2 aliphatic heterocycles. The molecule has 2 aromatic carbocycles. The second-order valence-corrected chi connectivity index (χ2v) is 6.97. The molecule has 6 atom stereocenters. The van der Waals surface area contributed by atoms with Crippen LogP contribution in [-0.2, 0) is 4.74 Å². The first-order valence-electron chi connectivity index (χ1n) is 9.00. The monoisotopic (exact) mass is 404 g/mol. The van der Waals surface area contributed by atoms with Crippen molar-refractivity contribution in [3.05, 3.63) is 53.6 Å². The number of carbonyl (C=O) groups excluding carboxylic acids is 1. The summed E-state index contributed by atoms with van der Waals surface area (Å²) < 4.78 is 16.4. The predicted octanol–water partition coefficient (Wildman–Crippen LogP) is 0.235. The van der Waals surface area contributed by atoms with Gasteiger partial charge in [0.2, 0.25) is 6.29 Å². The summed E-state index contributed by atoms with van der Waals surface area (Å²) in [6.07, 6.45) is -8.49. The van der Waals surface area contributed by atoms with E-state index in [0.717, 1.165) is 5.56 Å². The van der Waals surface area contributed by atoms with Crippen molar-refractivity contribution in [3.8, 4) is 17.2 Å². The largest absolute Gasteiger partial charge is 0.508 e. The molecule has 0 spiro atoms. The van der Waals surface area contributed by atoms with Crippen LogP contribution in [0.15, 0.2) is 42.5 Å². The van der Waals surface area contributed by atoms with Gasteiger partial charge in [-0.15, -0.1) is 0 Å². The Morgan fingerprint density at radius 3 is 2.38 bits per heavy atom. The van der Waals surface area contributed by atoms with Crippen molar-refractivity contribution in [1.29, 1.82) is 0 Å². The first kappa shape index (κ1) is 19.6. The summed E-state index contributed by atoms with van der Waals surface area (Å²) >= 11 is 0. The van der Waals surface area contributed by atoms with E-state index in [1.807, 2.05) is 0 Å². The molecule has 4 rings (SSSR count). The fraction of sp³-hybridized carbons (Fsp3) is 0.350. The average molecular weight is 404 g/mol. The van der Waals surface area contributed by atoms with Gasteiger partial charge in [-0.05, 0) is 29.8 Å². The molecule has 2 heterocycles. The van der Waals surface area contributed by atoms with Gasteiger partial charge in [0.15, 0.2) is 12.1 Å². The van der Waals surface area contributed by atoms with E-state index in [1.54, 1.807) is 12.1 Å². The second-order valence-electron chi connectivity index (χ2n) is 6.97. The molecule has 29 heavy (non-hydrogen) atoms. The minimum atomic E-state index is -1.73. The maximum absolute atomic E-state index is 12.5. The number of aliphatic hydroxyl groups excluding tert-OH is 4. The Balaban J connectivity index is 1.54. The summed E-state index contributed by atoms with van der Waals surface area (Å²) in [5.74, 6) is 0.414. The van der Waals surface area contributed by atoms with Crippen molar-refractivity contribution in [2.75, 3.05) is 0 Å². The lowest BCUT2D eigenvalue weighted by Gasteiger charge is -2.38. The molecule has 2 aliphatic rings. The number of benzene rings is 2. The van der Waals surface area contributed by atoms with Crippen LogP contribution in [-0.4, -0.2) is 62.2 Å². The number of aromatic hydroxyl groups is 1. The van der Waals surface area contributed by atoms with E-state index < -0.39 is 37.0 Å². The van der Waals surface area contributed by atoms with Gasteiger partial charge in [0.05, 0.1) is 12.0 Å². The average Bonchev–Trinajstić information content (AvgIpc) is 2.70. The third kappa shape index (κ3) is 3.78. The van der Waals surface area contributed by atoms with Crippen molar-refractivity contribution in [2.45, 2.75) is 43.4 Å². The van der Waals surface area contributed by atoms with Gasteiger partial charge in [0.1, 0.15) is 41.7 Å². The Kier molecular flexibility index (Phi) is 5.15. The van der Waals surface area contributed by atoms with Crippen LogP contribution in [0.3, 0.4) is 0 Å². The molecule has 0 aliphatic carbocycles. The number of fused-ring (bicyclic) bond motifs is 1. The molecule has 5 N–H and O–H groups in total. The third-order valence-electron chi connectivity index (χ3n) is 4.95. The lowest BCUT2D eigenvalue weighted by molar-refractivity contribution is -0.321. The van der Waals surface area contributed by atoms with Crippen LogP contribution in [0.4, 0.5) is 0 Å². The summed E-state index contributed by atoms with van der Waals surface area (Å²) in [5, 5.41) is 48.3. The van der Waals surface area contributed by atoms with Gasteiger partial charge in [-0.2, -0.15) is 0 Å². The van der Waals surface area contributed by atoms with E-state index in [-0.39, 0.29) is 29.5 Å². The van der Waals surface area contributed by atoms with E-state index in [1.165, 1.54) is 30.3 Å². The van der Waals surface area contributed by atoms with E-state index in [2.05, 4.69) is 0 Å². The van der Waals surface area contributed by atoms with Crippen LogP contribution in [0.2, 0.25) is 0 Å². The van der Waals surface area contributed by atoms with Crippen LogP contribution >= 0.6 is 0 Å². The van der Waals surface area contributed by atoms with Crippen LogP contribution in [0.25, 0.3) is 0 Å². The minimum Gasteiger partial charge on any atom is -0.508 e. The molecule has 9 nitrogen and oxygen atoms in total. The maximum atomic E-state index is 12.5. The number of Topliss-reactive ketones (excluding diaryl/α,β-unsaturated/α-hetero) is 1. The van der Waals surface area contributed by atoms with Crippen molar-refractivity contribution >= 4 is 5.78 Å². The number of aliphatic hydroxyl groups is 4. The molecule has 9 heteroatoms. The Morgan fingerprint density at radius 1 is 0.931 bits per heavy atom. The zero-order chi connectivity index (χ0) is 20.7. The SMILES string of the molecule is O=C1C[C@@H](c2ccc(O)cc2)Oc2cc(O[C@@H]3O[C@H](O)[C@@H](O)[C@H](O)[C@H]3O)ccc21. The minimum absolute atomic E-state index is 0.104. The zero-order valence-corrected chi connectivity index (χ0v) is 15.1. The number of ketones is 1. The molecule has 0 saturated carbocycles. The summed E-state index contributed by atoms with van der Waals surface area (Å²) in [5.41, 5.74) is 1.09. The van der Waals surface area contributed by atoms with Crippen molar-refractivity contribution < 1.29 is 44.5 Å². The molecule has 0 radical (unpaired) electrons. The number of rotatable bonds is 3. The molecule has 2 aromatic rings. The summed E-state index contributed by atoms with van der Waals surface area (Å²) in [6, 6.07) is 10.8. The predicted molar refractivity (Wildman–Crippen MR) is 96.4 cm³/mol. The number of phenolic OH excluding ortho intramolecular Hbond substituents is 1. The molecule has 0 aromatic heterocycles. The fourth-order valence-electron chi connectivity index (χ4n) is 3.31. The van der Waals surface area contributed by atoms with E-state index in [4.69, 9.17) is 14.2 Å². The van der Waals surface area contributed by atoms with Crippen LogP contribution in [0, 0.1) is 0 Å². The normalized spacial score (nSPS) is 31.7. The van der Waals surface area contributed by atoms with Crippen molar-refractivity contribution in [1.82, 2.24) is 0 Å². The molecular weight excluding hydrogens is 384 g/mol. The van der Waals surface area contributed by atoms with Gasteiger partial charge in [0.25, 0.3) is 0 Å². The highest BCUT2D eigenvalue weighted by atomic mass is 16.7. The number of ether oxygens (including phenoxy) is 3. The van der Waals surface area contributed by atoms with Crippen LogP contribution < -0.4 is 9.47 Å². The quantitative estimate of drug-likeness (QED) is 0.485. The molecule has 0 bridgehead atoms. The van der Waals surface area contributed by atoms with Crippen molar-refractivity contribution in [3.63, 3.8) is 0 Å². The highest BCUT2D eigenvalue weighted by Gasteiger charge is 2.44. The first-order chi connectivity index (χ1) is 13.8. The van der Waals surface area contributed by atoms with E-state index in [9.17, 15) is 30.3 Å². The van der Waals surface area contributed by atoms with Gasteiger partial charge in [-0.1, -0.05) is 12.1 Å². The summed E-state index contributed by atoms with van der Waals surface area (Å²) in [4.78, 5) is 12.5. The van der Waals surface area contributed by atoms with Gasteiger partial charge >= 0.3 is 0 Å². The Bertz CT molecular complexity index is 897. The molecule has 1 saturated heterocycles. The Morgan fingerprint density at radius 2 is 1.66 bits per heavy atom. The topological polar surface area (TPSA) is 146 Å². The van der Waals surface area contributed by atoms with Gasteiger partial charge in [-0.3, -0.25) is 4.79 Å². The highest BCUT2D eigenvalue weighted by molar-refractivity contribution is 6.00. The number of hydrogen-bond acceptors (Lipinski definition) is 9. The van der Waals surface area contributed by atoms with Crippen molar-refractivity contribution in [2.24, 2.45) is 0 Å². The molecule has 0 unspecified atom stereocenters. The number of hydrogen-bond donors (Lipinski definition) is 5. The first-order valence-corrected chi connectivity index (χ1v) is 9.00. The molecule has 154 valence electrons. The van der Waals surface area contributed by atoms with E-state index >= 15 is 0 Å². The standard InChI is InChI=1S/C20H20O9/c21-10-3-1-9(2-4-10)14-8-13(22)12-6-5-11(7-15(12)28-14)27-20-18(25)16(23)17(24)19(26)29-20/h1-7,14,16-21,23-26H,8H2/t14-,16-,17-,18+,19-,20+/m0/s1. The summed E-state index contributed by atoms with van der Waals surface area (Å²) in [7, 11) is 0. The van der Waals surface area contributed by atoms with E-state index in [0.29, 0.717) is 5.56 Å². The Labute approximate surface area is 165 Å². The molecule has 0 amide bonds. The second kappa shape index (κ2) is 7.62. The number of carbonyl (C=O) groups is 1. The Hall–Kier alpha value is -2.69. The van der Waals surface area contributed by atoms with Gasteiger partial charge in [0, 0.05) is 6.07 Å². The smallest absolute Gasteiger partial charge is 0.231 e. The summed E-state index contributed by atoms with van der Waals surface area (Å²) in [6.45, 7) is 0. The molecular formula is C20H20O9. The zero-order valence-electron chi connectivity index (χ0n) is 15.1.